The summed E-state index contributed by atoms with van der Waals surface area (Å²) < 4.78 is 11.6. The normalized spacial score (nSPS) is 21.1. The lowest BCUT2D eigenvalue weighted by atomic mass is 10.0. The lowest BCUT2D eigenvalue weighted by molar-refractivity contribution is -0.200. The van der Waals surface area contributed by atoms with Crippen molar-refractivity contribution in [1.29, 1.82) is 0 Å². The number of hydrogen-bond donors (Lipinski definition) is 0. The fraction of sp³-hybridized carbons (Fsp3) is 0.407. The highest BCUT2D eigenvalue weighted by atomic mass is 16.7. The number of hydroxylamine groups is 2. The Balaban J connectivity index is 1.25. The average Bonchev–Trinajstić information content (AvgIpc) is 3.27. The van der Waals surface area contributed by atoms with Gasteiger partial charge in [-0.25, -0.2) is 0 Å². The van der Waals surface area contributed by atoms with E-state index in [0.29, 0.717) is 34.6 Å². The maximum atomic E-state index is 13.1. The molecule has 0 aliphatic carbocycles. The number of carbonyl (C=O) groups is 4. The third-order valence-corrected chi connectivity index (χ3v) is 7.27. The first-order valence-corrected chi connectivity index (χ1v) is 12.4. The number of hydrogen-bond acceptors (Lipinski definition) is 8. The van der Waals surface area contributed by atoms with Crippen molar-refractivity contribution in [3.63, 3.8) is 0 Å². The van der Waals surface area contributed by atoms with Crippen molar-refractivity contribution in [1.82, 2.24) is 14.9 Å². The minimum Gasteiger partial charge on any atom is -0.489 e. The lowest BCUT2D eigenvalue weighted by Crippen LogP contribution is -2.54. The molecule has 2 aromatic carbocycles. The SMILES string of the molecule is C[C@H](c1ccc(COc2cccc3c2CN(C2CCC(=O)N(OC=O)C2=O)C3=O)cc1)N1CCOCC1. The smallest absolute Gasteiger partial charge is 0.321 e. The molecule has 2 fully saturated rings. The van der Waals surface area contributed by atoms with Gasteiger partial charge >= 0.3 is 6.47 Å². The van der Waals surface area contributed by atoms with Crippen LogP contribution in [0, 0.1) is 0 Å². The van der Waals surface area contributed by atoms with E-state index in [1.165, 1.54) is 10.5 Å². The molecule has 0 spiro atoms. The maximum absolute atomic E-state index is 13.1. The first kappa shape index (κ1) is 24.9. The third-order valence-electron chi connectivity index (χ3n) is 7.27. The third kappa shape index (κ3) is 4.94. The van der Waals surface area contributed by atoms with Crippen LogP contribution in [0.3, 0.4) is 0 Å². The van der Waals surface area contributed by atoms with E-state index in [1.54, 1.807) is 18.2 Å². The van der Waals surface area contributed by atoms with E-state index in [0.717, 1.165) is 31.9 Å². The van der Waals surface area contributed by atoms with Gasteiger partial charge in [-0.2, -0.15) is 0 Å². The van der Waals surface area contributed by atoms with E-state index in [9.17, 15) is 19.2 Å². The summed E-state index contributed by atoms with van der Waals surface area (Å²) in [6, 6.07) is 13.0. The van der Waals surface area contributed by atoms with Gasteiger partial charge in [0.15, 0.2) is 0 Å². The molecule has 2 aromatic rings. The Bertz CT molecular complexity index is 1190. The first-order chi connectivity index (χ1) is 18.0. The molecule has 2 saturated heterocycles. The number of ether oxygens (including phenoxy) is 2. The molecule has 0 radical (unpaired) electrons. The molecule has 0 N–H and O–H groups in total. The molecular formula is C27H29N3O7. The molecule has 0 aromatic heterocycles. The second-order valence-corrected chi connectivity index (χ2v) is 9.35. The van der Waals surface area contributed by atoms with Crippen LogP contribution in [0.2, 0.25) is 0 Å². The second kappa shape index (κ2) is 10.7. The van der Waals surface area contributed by atoms with E-state index < -0.39 is 17.9 Å². The van der Waals surface area contributed by atoms with Crippen LogP contribution in [0.1, 0.15) is 52.9 Å². The summed E-state index contributed by atoms with van der Waals surface area (Å²) in [5.74, 6) is -1.08. The summed E-state index contributed by atoms with van der Waals surface area (Å²) in [4.78, 5) is 57.0. The summed E-state index contributed by atoms with van der Waals surface area (Å²) in [5, 5.41) is 0.443. The highest BCUT2D eigenvalue weighted by Gasteiger charge is 2.44. The molecule has 3 aliphatic rings. The van der Waals surface area contributed by atoms with E-state index in [1.807, 2.05) is 12.1 Å². The highest BCUT2D eigenvalue weighted by molar-refractivity contribution is 6.05. The van der Waals surface area contributed by atoms with Gasteiger partial charge in [-0.05, 0) is 36.6 Å². The minimum absolute atomic E-state index is 0.00607. The number of nitrogens with zero attached hydrogens (tertiary/aromatic N) is 3. The highest BCUT2D eigenvalue weighted by Crippen LogP contribution is 2.35. The van der Waals surface area contributed by atoms with Crippen molar-refractivity contribution in [2.45, 2.75) is 45.0 Å². The summed E-state index contributed by atoms with van der Waals surface area (Å²) in [6.45, 7) is 6.08. The number of fused-ring (bicyclic) bond motifs is 1. The molecule has 10 heteroatoms. The number of carbonyl (C=O) groups excluding carboxylic acids is 4. The monoisotopic (exact) mass is 507 g/mol. The Morgan fingerprint density at radius 1 is 1.08 bits per heavy atom. The van der Waals surface area contributed by atoms with E-state index in [2.05, 4.69) is 28.8 Å². The van der Waals surface area contributed by atoms with Gasteiger partial charge in [-0.1, -0.05) is 30.3 Å². The summed E-state index contributed by atoms with van der Waals surface area (Å²) >= 11 is 0. The Labute approximate surface area is 214 Å². The zero-order valence-electron chi connectivity index (χ0n) is 20.6. The molecular weight excluding hydrogens is 478 g/mol. The van der Waals surface area contributed by atoms with Gasteiger partial charge in [-0.3, -0.25) is 24.1 Å². The van der Waals surface area contributed by atoms with Crippen LogP contribution in [0.4, 0.5) is 0 Å². The number of piperidine rings is 1. The predicted molar refractivity (Wildman–Crippen MR) is 130 cm³/mol. The fourth-order valence-corrected chi connectivity index (χ4v) is 5.13. The molecule has 194 valence electrons. The zero-order chi connectivity index (χ0) is 25.9. The molecule has 10 nitrogen and oxygen atoms in total. The van der Waals surface area contributed by atoms with Crippen molar-refractivity contribution >= 4 is 24.2 Å². The van der Waals surface area contributed by atoms with E-state index in [-0.39, 0.29) is 31.8 Å². The van der Waals surface area contributed by atoms with Crippen LogP contribution in [-0.2, 0) is 37.1 Å². The van der Waals surface area contributed by atoms with Crippen LogP contribution in [-0.4, -0.2) is 71.4 Å². The van der Waals surface area contributed by atoms with Crippen molar-refractivity contribution in [2.75, 3.05) is 26.3 Å². The molecule has 0 saturated carbocycles. The molecule has 3 heterocycles. The molecule has 0 bridgehead atoms. The zero-order valence-corrected chi connectivity index (χ0v) is 20.6. The molecule has 5 rings (SSSR count). The minimum atomic E-state index is -0.897. The van der Waals surface area contributed by atoms with Crippen molar-refractivity contribution in [3.8, 4) is 5.75 Å². The van der Waals surface area contributed by atoms with Gasteiger partial charge < -0.3 is 19.2 Å². The predicted octanol–water partition coefficient (Wildman–Crippen LogP) is 2.22. The molecule has 1 unspecified atom stereocenters. The molecule has 37 heavy (non-hydrogen) atoms. The van der Waals surface area contributed by atoms with Crippen LogP contribution in [0.5, 0.6) is 5.75 Å². The lowest BCUT2D eigenvalue weighted by Gasteiger charge is -2.33. The quantitative estimate of drug-likeness (QED) is 0.396. The van der Waals surface area contributed by atoms with Gasteiger partial charge in [0.2, 0.25) is 0 Å². The van der Waals surface area contributed by atoms with E-state index >= 15 is 0 Å². The number of amides is 3. The summed E-state index contributed by atoms with van der Waals surface area (Å²) in [6.07, 6.45) is 0.162. The summed E-state index contributed by atoms with van der Waals surface area (Å²) in [5.41, 5.74) is 3.38. The van der Waals surface area contributed by atoms with Crippen LogP contribution in [0.25, 0.3) is 0 Å². The number of morpholine rings is 1. The molecule has 2 atom stereocenters. The van der Waals surface area contributed by atoms with Gasteiger partial charge in [0.25, 0.3) is 17.7 Å². The Morgan fingerprint density at radius 3 is 2.57 bits per heavy atom. The maximum Gasteiger partial charge on any atom is 0.321 e. The first-order valence-electron chi connectivity index (χ1n) is 12.4. The van der Waals surface area contributed by atoms with Crippen LogP contribution in [0.15, 0.2) is 42.5 Å². The van der Waals surface area contributed by atoms with Crippen LogP contribution >= 0.6 is 0 Å². The number of imide groups is 1. The van der Waals surface area contributed by atoms with Gasteiger partial charge in [-0.15, -0.1) is 5.06 Å². The Morgan fingerprint density at radius 2 is 1.84 bits per heavy atom. The molecule has 3 amide bonds. The standard InChI is InChI=1S/C27H29N3O7/c1-18(28-11-13-35-14-12-28)20-7-5-19(6-8-20)16-36-24-4-2-3-21-22(24)15-29(26(21)33)23-9-10-25(32)30(27(23)34)37-17-31/h2-8,17-18,23H,9-16H2,1H3/t18-,23?/m1/s1. The second-order valence-electron chi connectivity index (χ2n) is 9.35. The Hall–Kier alpha value is -3.76. The topological polar surface area (TPSA) is 106 Å². The van der Waals surface area contributed by atoms with Gasteiger partial charge in [0.1, 0.15) is 18.4 Å². The van der Waals surface area contributed by atoms with Crippen molar-refractivity contribution in [2.24, 2.45) is 0 Å². The number of rotatable bonds is 8. The largest absolute Gasteiger partial charge is 0.489 e. The van der Waals surface area contributed by atoms with E-state index in [4.69, 9.17) is 9.47 Å². The van der Waals surface area contributed by atoms with Gasteiger partial charge in [0.05, 0.1) is 19.8 Å². The van der Waals surface area contributed by atoms with Gasteiger partial charge in [0, 0.05) is 36.7 Å². The molecule has 3 aliphatic heterocycles. The fourth-order valence-electron chi connectivity index (χ4n) is 5.13. The van der Waals surface area contributed by atoms with Crippen LogP contribution < -0.4 is 4.74 Å². The van der Waals surface area contributed by atoms with Crippen molar-refractivity contribution in [3.05, 3.63) is 64.7 Å². The summed E-state index contributed by atoms with van der Waals surface area (Å²) in [7, 11) is 0. The Kier molecular flexibility index (Phi) is 7.20. The average molecular weight is 508 g/mol. The van der Waals surface area contributed by atoms with Crippen molar-refractivity contribution < 1.29 is 33.5 Å². The number of benzene rings is 2.